The minimum Gasteiger partial charge on any atom is -0.371 e. The Bertz CT molecular complexity index is 402. The third-order valence-corrected chi connectivity index (χ3v) is 4.37. The summed E-state index contributed by atoms with van der Waals surface area (Å²) in [4.78, 5) is 26.8. The molecule has 0 N–H and O–H groups in total. The van der Waals surface area contributed by atoms with E-state index in [-0.39, 0.29) is 35.9 Å². The molecule has 2 saturated heterocycles. The van der Waals surface area contributed by atoms with E-state index in [0.717, 1.165) is 6.42 Å². The Labute approximate surface area is 126 Å². The van der Waals surface area contributed by atoms with E-state index in [2.05, 4.69) is 0 Å². The van der Waals surface area contributed by atoms with Crippen LogP contribution in [0, 0.1) is 11.8 Å². The monoisotopic (exact) mass is 298 g/mol. The van der Waals surface area contributed by atoms with Gasteiger partial charge in [-0.2, -0.15) is 0 Å². The second kappa shape index (κ2) is 6.32. The molecular weight excluding hydrogens is 272 g/mol. The average Bonchev–Trinajstić information content (AvgIpc) is 2.79. The van der Waals surface area contributed by atoms with Crippen molar-refractivity contribution >= 4 is 11.8 Å². The van der Waals surface area contributed by atoms with Gasteiger partial charge in [-0.05, 0) is 6.42 Å². The SMILES string of the molecule is CC(C)C(=O)N1CC2(C1)OCC[C@@H]2COCC(=O)N(C)C. The van der Waals surface area contributed by atoms with Crippen molar-refractivity contribution in [3.63, 3.8) is 0 Å². The molecule has 2 rings (SSSR count). The fourth-order valence-electron chi connectivity index (χ4n) is 2.91. The molecule has 0 aliphatic carbocycles. The highest BCUT2D eigenvalue weighted by Gasteiger charge is 2.54. The summed E-state index contributed by atoms with van der Waals surface area (Å²) in [6.45, 7) is 6.46. The van der Waals surface area contributed by atoms with Gasteiger partial charge in [0.05, 0.1) is 19.7 Å². The zero-order chi connectivity index (χ0) is 15.6. The van der Waals surface area contributed by atoms with Crippen LogP contribution < -0.4 is 0 Å². The molecule has 1 spiro atoms. The van der Waals surface area contributed by atoms with E-state index in [1.165, 1.54) is 4.90 Å². The molecule has 0 saturated carbocycles. The quantitative estimate of drug-likeness (QED) is 0.735. The van der Waals surface area contributed by atoms with Crippen molar-refractivity contribution in [1.82, 2.24) is 9.80 Å². The van der Waals surface area contributed by atoms with E-state index in [9.17, 15) is 9.59 Å². The van der Waals surface area contributed by atoms with Gasteiger partial charge in [0.15, 0.2) is 0 Å². The Morgan fingerprint density at radius 1 is 1.38 bits per heavy atom. The molecule has 2 aliphatic heterocycles. The van der Waals surface area contributed by atoms with Crippen molar-refractivity contribution in [2.24, 2.45) is 11.8 Å². The molecule has 2 amide bonds. The highest BCUT2D eigenvalue weighted by molar-refractivity contribution is 5.79. The van der Waals surface area contributed by atoms with Gasteiger partial charge in [-0.3, -0.25) is 9.59 Å². The molecule has 6 nitrogen and oxygen atoms in total. The first-order chi connectivity index (χ1) is 9.85. The minimum atomic E-state index is -0.244. The standard InChI is InChI=1S/C15H26N2O4/c1-11(2)14(19)17-9-15(10-17)12(5-6-21-15)7-20-8-13(18)16(3)4/h11-12H,5-10H2,1-4H3/t12-/m1/s1. The van der Waals surface area contributed by atoms with Gasteiger partial charge >= 0.3 is 0 Å². The molecule has 120 valence electrons. The number of ether oxygens (including phenoxy) is 2. The van der Waals surface area contributed by atoms with Gasteiger partial charge in [-0.15, -0.1) is 0 Å². The van der Waals surface area contributed by atoms with E-state index >= 15 is 0 Å². The molecule has 21 heavy (non-hydrogen) atoms. The molecule has 2 heterocycles. The van der Waals surface area contributed by atoms with Crippen molar-refractivity contribution in [1.29, 1.82) is 0 Å². The van der Waals surface area contributed by atoms with Gasteiger partial charge in [0.25, 0.3) is 0 Å². The molecule has 1 atom stereocenters. The zero-order valence-corrected chi connectivity index (χ0v) is 13.4. The maximum Gasteiger partial charge on any atom is 0.248 e. The zero-order valence-electron chi connectivity index (χ0n) is 13.4. The van der Waals surface area contributed by atoms with E-state index in [1.807, 2.05) is 18.7 Å². The molecule has 0 unspecified atom stereocenters. The second-order valence-electron chi connectivity index (χ2n) is 6.55. The molecular formula is C15H26N2O4. The largest absolute Gasteiger partial charge is 0.371 e. The predicted octanol–water partition coefficient (Wildman–Crippen LogP) is 0.365. The van der Waals surface area contributed by atoms with Gasteiger partial charge in [-0.25, -0.2) is 0 Å². The lowest BCUT2D eigenvalue weighted by atomic mass is 9.80. The number of hydrogen-bond acceptors (Lipinski definition) is 4. The summed E-state index contributed by atoms with van der Waals surface area (Å²) in [5.74, 6) is 0.437. The van der Waals surface area contributed by atoms with Gasteiger partial charge < -0.3 is 19.3 Å². The number of rotatable bonds is 5. The number of likely N-dealkylation sites (tertiary alicyclic amines) is 1. The summed E-state index contributed by atoms with van der Waals surface area (Å²) < 4.78 is 11.4. The lowest BCUT2D eigenvalue weighted by molar-refractivity contribution is -0.171. The topological polar surface area (TPSA) is 59.1 Å². The van der Waals surface area contributed by atoms with E-state index in [4.69, 9.17) is 9.47 Å². The van der Waals surface area contributed by atoms with E-state index in [1.54, 1.807) is 14.1 Å². The van der Waals surface area contributed by atoms with Crippen molar-refractivity contribution in [3.8, 4) is 0 Å². The Balaban J connectivity index is 1.80. The Kier molecular flexibility index (Phi) is 4.88. The third kappa shape index (κ3) is 3.37. The minimum absolute atomic E-state index is 0.0242. The normalized spacial score (nSPS) is 23.5. The number of nitrogens with zero attached hydrogens (tertiary/aromatic N) is 2. The number of hydrogen-bond donors (Lipinski definition) is 0. The molecule has 6 heteroatoms. The molecule has 0 bridgehead atoms. The van der Waals surface area contributed by atoms with Crippen LogP contribution in [0.15, 0.2) is 0 Å². The van der Waals surface area contributed by atoms with Crippen molar-refractivity contribution < 1.29 is 19.1 Å². The predicted molar refractivity (Wildman–Crippen MR) is 77.7 cm³/mol. The summed E-state index contributed by atoms with van der Waals surface area (Å²) in [7, 11) is 3.43. The fourth-order valence-corrected chi connectivity index (χ4v) is 2.91. The van der Waals surface area contributed by atoms with Gasteiger partial charge in [0.1, 0.15) is 12.2 Å². The van der Waals surface area contributed by atoms with Crippen LogP contribution in [0.25, 0.3) is 0 Å². The first-order valence-corrected chi connectivity index (χ1v) is 7.56. The van der Waals surface area contributed by atoms with Crippen LogP contribution in [0.2, 0.25) is 0 Å². The number of amides is 2. The highest BCUT2D eigenvalue weighted by Crippen LogP contribution is 2.40. The molecule has 0 aromatic carbocycles. The maximum absolute atomic E-state index is 11.9. The molecule has 2 fully saturated rings. The molecule has 2 aliphatic rings. The van der Waals surface area contributed by atoms with Gasteiger partial charge in [0, 0.05) is 32.5 Å². The smallest absolute Gasteiger partial charge is 0.248 e. The Hall–Kier alpha value is -1.14. The van der Waals surface area contributed by atoms with Crippen molar-refractivity contribution in [2.75, 3.05) is 47.0 Å². The molecule has 0 radical (unpaired) electrons. The maximum atomic E-state index is 11.9. The third-order valence-electron chi connectivity index (χ3n) is 4.37. The summed E-state index contributed by atoms with van der Waals surface area (Å²) >= 11 is 0. The van der Waals surface area contributed by atoms with Crippen LogP contribution in [0.3, 0.4) is 0 Å². The summed E-state index contributed by atoms with van der Waals surface area (Å²) in [6.07, 6.45) is 0.930. The van der Waals surface area contributed by atoms with Crippen LogP contribution in [0.4, 0.5) is 0 Å². The fraction of sp³-hybridized carbons (Fsp3) is 0.867. The first kappa shape index (κ1) is 16.2. The van der Waals surface area contributed by atoms with Crippen LogP contribution in [0.1, 0.15) is 20.3 Å². The summed E-state index contributed by atoms with van der Waals surface area (Å²) in [5.41, 5.74) is -0.244. The van der Waals surface area contributed by atoms with E-state index < -0.39 is 0 Å². The Morgan fingerprint density at radius 3 is 2.62 bits per heavy atom. The molecule has 0 aromatic heterocycles. The van der Waals surface area contributed by atoms with Crippen LogP contribution in [-0.2, 0) is 19.1 Å². The summed E-state index contributed by atoms with van der Waals surface area (Å²) in [6, 6.07) is 0. The van der Waals surface area contributed by atoms with Crippen LogP contribution >= 0.6 is 0 Å². The Morgan fingerprint density at radius 2 is 2.05 bits per heavy atom. The number of likely N-dealkylation sites (N-methyl/N-ethyl adjacent to an activating group) is 1. The lowest BCUT2D eigenvalue weighted by Gasteiger charge is -2.50. The second-order valence-corrected chi connectivity index (χ2v) is 6.55. The highest BCUT2D eigenvalue weighted by atomic mass is 16.5. The average molecular weight is 298 g/mol. The summed E-state index contributed by atoms with van der Waals surface area (Å²) in [5, 5.41) is 0. The van der Waals surface area contributed by atoms with Crippen LogP contribution in [-0.4, -0.2) is 74.2 Å². The van der Waals surface area contributed by atoms with Crippen molar-refractivity contribution in [3.05, 3.63) is 0 Å². The van der Waals surface area contributed by atoms with Crippen molar-refractivity contribution in [2.45, 2.75) is 25.9 Å². The number of carbonyl (C=O) groups excluding carboxylic acids is 2. The van der Waals surface area contributed by atoms with Crippen LogP contribution in [0.5, 0.6) is 0 Å². The first-order valence-electron chi connectivity index (χ1n) is 7.56. The molecule has 0 aromatic rings. The van der Waals surface area contributed by atoms with Gasteiger partial charge in [-0.1, -0.05) is 13.8 Å². The number of carbonyl (C=O) groups is 2. The lowest BCUT2D eigenvalue weighted by Crippen LogP contribution is -2.67. The van der Waals surface area contributed by atoms with E-state index in [0.29, 0.717) is 26.3 Å². The van der Waals surface area contributed by atoms with Gasteiger partial charge in [0.2, 0.25) is 11.8 Å².